The molecule has 3 rings (SSSR count). The van der Waals surface area contributed by atoms with Crippen molar-refractivity contribution < 1.29 is 0 Å². The van der Waals surface area contributed by atoms with Gasteiger partial charge in [-0.05, 0) is 26.0 Å². The Morgan fingerprint density at radius 1 is 1.22 bits per heavy atom. The number of nitrogens with one attached hydrogen (secondary N) is 2. The molecular weight excluding hydrogens is 338 g/mol. The predicted octanol–water partition coefficient (Wildman–Crippen LogP) is 2.00. The highest BCUT2D eigenvalue weighted by molar-refractivity contribution is 5.81. The summed E-state index contributed by atoms with van der Waals surface area (Å²) in [5.74, 6) is 2.27. The van der Waals surface area contributed by atoms with Crippen LogP contribution in [0.15, 0.2) is 57.2 Å². The van der Waals surface area contributed by atoms with Gasteiger partial charge < -0.3 is 10.3 Å². The van der Waals surface area contributed by atoms with E-state index in [-0.39, 0.29) is 0 Å². The van der Waals surface area contributed by atoms with Gasteiger partial charge >= 0.3 is 0 Å². The lowest BCUT2D eigenvalue weighted by atomic mass is 10.1. The number of hydrazine groups is 1. The largest absolute Gasteiger partial charge is 0.346 e. The second kappa shape index (κ2) is 8.66. The zero-order valence-electron chi connectivity index (χ0n) is 16.5. The molecule has 1 aromatic heterocycles. The number of aromatic nitrogens is 2. The average molecular weight is 365 g/mol. The molecule has 2 heterocycles. The summed E-state index contributed by atoms with van der Waals surface area (Å²) in [6.45, 7) is 9.11. The maximum absolute atomic E-state index is 4.85. The summed E-state index contributed by atoms with van der Waals surface area (Å²) in [5, 5.41) is 0. The maximum atomic E-state index is 4.85. The highest BCUT2D eigenvalue weighted by Crippen LogP contribution is 2.21. The van der Waals surface area contributed by atoms with E-state index in [4.69, 9.17) is 4.98 Å². The summed E-state index contributed by atoms with van der Waals surface area (Å²) in [5.41, 5.74) is 12.8. The van der Waals surface area contributed by atoms with E-state index in [1.165, 1.54) is 0 Å². The molecule has 1 aromatic rings. The summed E-state index contributed by atoms with van der Waals surface area (Å²) in [7, 11) is 1.80. The van der Waals surface area contributed by atoms with Crippen LogP contribution in [-0.2, 0) is 6.54 Å². The normalized spacial score (nSPS) is 17.0. The standard InChI is InChI=1S/C20H27N7/c1-5-22-25-15(3)23-20-24-19(12-18(21-4)27(20)6-2)26-13-16-9-7-8-10-17(11-16)14-26/h7-10,12,22H,5-6,13-14H2,1-4H3,(H,23,24,25). The molecule has 7 nitrogen and oxygen atoms in total. The van der Waals surface area contributed by atoms with Crippen molar-refractivity contribution in [2.75, 3.05) is 31.6 Å². The zero-order valence-corrected chi connectivity index (χ0v) is 16.5. The van der Waals surface area contributed by atoms with Crippen LogP contribution in [-0.4, -0.2) is 42.1 Å². The quantitative estimate of drug-likeness (QED) is 0.362. The number of aliphatic imine (C=N–C) groups is 1. The Kier molecular flexibility index (Phi) is 6.06. The number of allylic oxidation sites excluding steroid dienone is 2. The molecular formula is C20H27N7. The van der Waals surface area contributed by atoms with Crippen molar-refractivity contribution in [1.29, 1.82) is 0 Å². The SMILES string of the molecule is CCNN/C(C)=N/c1nc(N2CC3=C=C(C=CC=C3)C2)cc(=NC)n1CC. The van der Waals surface area contributed by atoms with Gasteiger partial charge in [-0.15, -0.1) is 5.73 Å². The van der Waals surface area contributed by atoms with Crippen molar-refractivity contribution in [3.63, 3.8) is 0 Å². The van der Waals surface area contributed by atoms with Crippen LogP contribution < -0.4 is 21.2 Å². The van der Waals surface area contributed by atoms with E-state index in [0.29, 0.717) is 5.95 Å². The van der Waals surface area contributed by atoms with Crippen molar-refractivity contribution in [1.82, 2.24) is 20.4 Å². The van der Waals surface area contributed by atoms with Gasteiger partial charge in [0.25, 0.3) is 0 Å². The van der Waals surface area contributed by atoms with Gasteiger partial charge in [0.05, 0.1) is 13.1 Å². The first-order valence-corrected chi connectivity index (χ1v) is 9.31. The van der Waals surface area contributed by atoms with Crippen LogP contribution in [0.2, 0.25) is 0 Å². The molecule has 27 heavy (non-hydrogen) atoms. The molecule has 1 aliphatic heterocycles. The number of anilines is 1. The van der Waals surface area contributed by atoms with Crippen molar-refractivity contribution in [3.05, 3.63) is 52.7 Å². The second-order valence-electron chi connectivity index (χ2n) is 6.34. The number of hydrogen-bond donors (Lipinski definition) is 2. The lowest BCUT2D eigenvalue weighted by Crippen LogP contribution is -2.36. The summed E-state index contributed by atoms with van der Waals surface area (Å²) >= 11 is 0. The monoisotopic (exact) mass is 365 g/mol. The van der Waals surface area contributed by atoms with Gasteiger partial charge in [-0.2, -0.15) is 9.98 Å². The highest BCUT2D eigenvalue weighted by atomic mass is 15.4. The highest BCUT2D eigenvalue weighted by Gasteiger charge is 2.18. The van der Waals surface area contributed by atoms with Crippen LogP contribution >= 0.6 is 0 Å². The first-order chi connectivity index (χ1) is 13.1. The molecule has 1 aliphatic carbocycles. The molecule has 142 valence electrons. The number of amidine groups is 1. The van der Waals surface area contributed by atoms with Crippen LogP contribution in [0, 0.1) is 0 Å². The Morgan fingerprint density at radius 3 is 2.52 bits per heavy atom. The number of rotatable bonds is 5. The molecule has 7 heteroatoms. The fourth-order valence-electron chi connectivity index (χ4n) is 3.07. The van der Waals surface area contributed by atoms with E-state index in [9.17, 15) is 0 Å². The molecule has 0 aromatic carbocycles. The van der Waals surface area contributed by atoms with E-state index in [2.05, 4.69) is 62.7 Å². The Bertz CT molecular complexity index is 898. The molecule has 2 aliphatic rings. The molecule has 0 saturated carbocycles. The van der Waals surface area contributed by atoms with Crippen LogP contribution in [0.4, 0.5) is 11.8 Å². The third kappa shape index (κ3) is 4.45. The van der Waals surface area contributed by atoms with Crippen molar-refractivity contribution in [3.8, 4) is 0 Å². The minimum absolute atomic E-state index is 0.640. The first kappa shape index (κ1) is 18.9. The van der Waals surface area contributed by atoms with Gasteiger partial charge in [0.2, 0.25) is 5.95 Å². The Balaban J connectivity index is 2.00. The molecule has 0 unspecified atom stereocenters. The zero-order chi connectivity index (χ0) is 19.2. The van der Waals surface area contributed by atoms with Crippen molar-refractivity contribution in [2.24, 2.45) is 9.98 Å². The third-order valence-corrected chi connectivity index (χ3v) is 4.32. The van der Waals surface area contributed by atoms with E-state index < -0.39 is 0 Å². The third-order valence-electron chi connectivity index (χ3n) is 4.32. The average Bonchev–Trinajstić information content (AvgIpc) is 2.85. The molecule has 0 atom stereocenters. The van der Waals surface area contributed by atoms with Gasteiger partial charge in [0.15, 0.2) is 0 Å². The molecule has 0 fully saturated rings. The predicted molar refractivity (Wildman–Crippen MR) is 110 cm³/mol. The van der Waals surface area contributed by atoms with E-state index >= 15 is 0 Å². The van der Waals surface area contributed by atoms with Crippen molar-refractivity contribution >= 4 is 17.6 Å². The fraction of sp³-hybridized carbons (Fsp3) is 0.400. The summed E-state index contributed by atoms with van der Waals surface area (Å²) in [6.07, 6.45) is 8.31. The van der Waals surface area contributed by atoms with Crippen molar-refractivity contribution in [2.45, 2.75) is 27.3 Å². The van der Waals surface area contributed by atoms with Gasteiger partial charge in [-0.3, -0.25) is 9.56 Å². The van der Waals surface area contributed by atoms with Crippen LogP contribution in [0.3, 0.4) is 0 Å². The molecule has 0 spiro atoms. The smallest absolute Gasteiger partial charge is 0.234 e. The van der Waals surface area contributed by atoms with Gasteiger partial charge in [-0.25, -0.2) is 5.43 Å². The summed E-state index contributed by atoms with van der Waals surface area (Å²) < 4.78 is 2.01. The van der Waals surface area contributed by atoms with Crippen LogP contribution in [0.5, 0.6) is 0 Å². The lowest BCUT2D eigenvalue weighted by Gasteiger charge is -2.27. The van der Waals surface area contributed by atoms with Crippen LogP contribution in [0.25, 0.3) is 0 Å². The summed E-state index contributed by atoms with van der Waals surface area (Å²) in [6, 6.07) is 2.03. The Labute approximate surface area is 160 Å². The fourth-order valence-corrected chi connectivity index (χ4v) is 3.07. The van der Waals surface area contributed by atoms with Crippen LogP contribution in [0.1, 0.15) is 20.8 Å². The second-order valence-corrected chi connectivity index (χ2v) is 6.34. The molecule has 0 saturated heterocycles. The summed E-state index contributed by atoms with van der Waals surface area (Å²) in [4.78, 5) is 16.2. The Morgan fingerprint density at radius 2 is 1.93 bits per heavy atom. The van der Waals surface area contributed by atoms with Gasteiger partial charge in [-0.1, -0.05) is 19.1 Å². The number of nitrogens with zero attached hydrogens (tertiary/aromatic N) is 5. The van der Waals surface area contributed by atoms with Gasteiger partial charge in [0, 0.05) is 37.3 Å². The first-order valence-electron chi connectivity index (χ1n) is 9.31. The lowest BCUT2D eigenvalue weighted by molar-refractivity contribution is 0.671. The molecule has 2 bridgehead atoms. The van der Waals surface area contributed by atoms with E-state index in [1.54, 1.807) is 7.05 Å². The maximum Gasteiger partial charge on any atom is 0.234 e. The number of hydrogen-bond acceptors (Lipinski definition) is 5. The molecule has 0 radical (unpaired) electrons. The van der Waals surface area contributed by atoms with E-state index in [0.717, 1.165) is 54.5 Å². The van der Waals surface area contributed by atoms with E-state index in [1.807, 2.05) is 24.5 Å². The molecule has 2 N–H and O–H groups in total. The topological polar surface area (TPSA) is 69.8 Å². The Hall–Kier alpha value is -2.89. The minimum atomic E-state index is 0.640. The van der Waals surface area contributed by atoms with Gasteiger partial charge in [0.1, 0.15) is 17.1 Å². The molecule has 0 amide bonds. The minimum Gasteiger partial charge on any atom is -0.346 e.